The fourth-order valence-electron chi connectivity index (χ4n) is 2.55. The van der Waals surface area contributed by atoms with Gasteiger partial charge in [0.1, 0.15) is 0 Å². The van der Waals surface area contributed by atoms with E-state index >= 15 is 0 Å². The van der Waals surface area contributed by atoms with E-state index in [4.69, 9.17) is 0 Å². The zero-order valence-electron chi connectivity index (χ0n) is 12.6. The Morgan fingerprint density at radius 2 is 1.84 bits per heavy atom. The van der Waals surface area contributed by atoms with Crippen LogP contribution in [0.2, 0.25) is 0 Å². The van der Waals surface area contributed by atoms with Gasteiger partial charge in [-0.05, 0) is 43.1 Å². The predicted molar refractivity (Wildman–Crippen MR) is 88.7 cm³/mol. The number of hydrogen-bond acceptors (Lipinski definition) is 1. The van der Waals surface area contributed by atoms with Crippen LogP contribution < -0.4 is 5.32 Å². The number of aryl methyl sites for hydroxylation is 1. The summed E-state index contributed by atoms with van der Waals surface area (Å²) in [7, 11) is 0. The van der Waals surface area contributed by atoms with E-state index in [-0.39, 0.29) is 0 Å². The van der Waals surface area contributed by atoms with Gasteiger partial charge in [-0.3, -0.25) is 0 Å². The minimum Gasteiger partial charge on any atom is -0.310 e. The van der Waals surface area contributed by atoms with Gasteiger partial charge in [-0.2, -0.15) is 0 Å². The molecule has 1 aromatic rings. The molecule has 108 valence electrons. The molecule has 1 rings (SSSR count). The van der Waals surface area contributed by atoms with Crippen LogP contribution in [-0.4, -0.2) is 6.54 Å². The van der Waals surface area contributed by atoms with Crippen molar-refractivity contribution >= 4 is 15.9 Å². The van der Waals surface area contributed by atoms with E-state index in [1.54, 1.807) is 0 Å². The molecule has 0 radical (unpaired) electrons. The molecular weight excluding hydrogens is 298 g/mol. The fraction of sp³-hybridized carbons (Fsp3) is 0.647. The Morgan fingerprint density at radius 3 is 2.53 bits per heavy atom. The van der Waals surface area contributed by atoms with Gasteiger partial charge in [0.15, 0.2) is 0 Å². The van der Waals surface area contributed by atoms with Gasteiger partial charge >= 0.3 is 0 Å². The highest BCUT2D eigenvalue weighted by Gasteiger charge is 2.12. The fourth-order valence-corrected chi connectivity index (χ4v) is 2.93. The van der Waals surface area contributed by atoms with Crippen LogP contribution in [0.5, 0.6) is 0 Å². The summed E-state index contributed by atoms with van der Waals surface area (Å²) < 4.78 is 1.18. The first-order chi connectivity index (χ1) is 9.19. The molecule has 0 spiro atoms. The third-order valence-corrected chi connectivity index (χ3v) is 4.16. The van der Waals surface area contributed by atoms with Crippen LogP contribution in [-0.2, 0) is 0 Å². The third kappa shape index (κ3) is 6.09. The summed E-state index contributed by atoms with van der Waals surface area (Å²) in [5.74, 6) is 0. The van der Waals surface area contributed by atoms with Crippen molar-refractivity contribution in [3.63, 3.8) is 0 Å². The Hall–Kier alpha value is -0.340. The van der Waals surface area contributed by atoms with Crippen LogP contribution >= 0.6 is 15.9 Å². The van der Waals surface area contributed by atoms with Gasteiger partial charge in [0.05, 0.1) is 0 Å². The van der Waals surface area contributed by atoms with Gasteiger partial charge in [-0.1, -0.05) is 67.9 Å². The zero-order valence-corrected chi connectivity index (χ0v) is 14.2. The minimum atomic E-state index is 0.504. The first kappa shape index (κ1) is 16.7. The van der Waals surface area contributed by atoms with Crippen LogP contribution in [0.1, 0.15) is 69.5 Å². The first-order valence-electron chi connectivity index (χ1n) is 7.68. The highest BCUT2D eigenvalue weighted by atomic mass is 79.9. The molecule has 1 N–H and O–H groups in total. The second-order valence-electron chi connectivity index (χ2n) is 5.31. The summed E-state index contributed by atoms with van der Waals surface area (Å²) in [4.78, 5) is 0. The van der Waals surface area contributed by atoms with E-state index in [1.807, 2.05) is 0 Å². The molecule has 1 atom stereocenters. The number of rotatable bonds is 9. The first-order valence-corrected chi connectivity index (χ1v) is 8.47. The molecule has 0 saturated heterocycles. The van der Waals surface area contributed by atoms with E-state index in [9.17, 15) is 0 Å². The van der Waals surface area contributed by atoms with Crippen molar-refractivity contribution in [2.45, 2.75) is 65.3 Å². The molecule has 1 aromatic carbocycles. The number of unbranched alkanes of at least 4 members (excludes halogenated alkanes) is 4. The van der Waals surface area contributed by atoms with Gasteiger partial charge in [-0.15, -0.1) is 0 Å². The van der Waals surface area contributed by atoms with Crippen LogP contribution in [0.15, 0.2) is 22.7 Å². The molecule has 0 amide bonds. The normalized spacial score (nSPS) is 12.6. The van der Waals surface area contributed by atoms with Crippen LogP contribution in [0.25, 0.3) is 0 Å². The molecular formula is C17H28BrN. The van der Waals surface area contributed by atoms with Gasteiger partial charge in [0, 0.05) is 10.5 Å². The van der Waals surface area contributed by atoms with Gasteiger partial charge in [0.25, 0.3) is 0 Å². The Bertz CT molecular complexity index is 362. The third-order valence-electron chi connectivity index (χ3n) is 3.66. The average Bonchev–Trinajstić information content (AvgIpc) is 2.40. The Kier molecular flexibility index (Phi) is 8.40. The largest absolute Gasteiger partial charge is 0.310 e. The maximum atomic E-state index is 3.64. The highest BCUT2D eigenvalue weighted by molar-refractivity contribution is 9.10. The maximum Gasteiger partial charge on any atom is 0.0323 e. The van der Waals surface area contributed by atoms with Crippen molar-refractivity contribution in [3.05, 3.63) is 33.8 Å². The van der Waals surface area contributed by atoms with E-state index in [1.165, 1.54) is 54.1 Å². The lowest BCUT2D eigenvalue weighted by molar-refractivity contribution is 0.477. The van der Waals surface area contributed by atoms with E-state index < -0.39 is 0 Å². The summed E-state index contributed by atoms with van der Waals surface area (Å²) in [5, 5.41) is 3.64. The maximum absolute atomic E-state index is 3.64. The van der Waals surface area contributed by atoms with Crippen molar-refractivity contribution in [1.82, 2.24) is 5.32 Å². The van der Waals surface area contributed by atoms with Gasteiger partial charge in [0.2, 0.25) is 0 Å². The molecule has 0 aromatic heterocycles. The number of nitrogens with one attached hydrogen (secondary N) is 1. The second-order valence-corrected chi connectivity index (χ2v) is 6.23. The second kappa shape index (κ2) is 9.55. The SMILES string of the molecule is CCCCCCCC(NCC)c1cc(Br)ccc1C. The number of benzene rings is 1. The molecule has 0 aliphatic carbocycles. The molecule has 0 bridgehead atoms. The predicted octanol–water partition coefficient (Wildman–Crippen LogP) is 5.77. The Labute approximate surface area is 127 Å². The molecule has 0 aliphatic rings. The highest BCUT2D eigenvalue weighted by Crippen LogP contribution is 2.26. The molecule has 19 heavy (non-hydrogen) atoms. The Morgan fingerprint density at radius 1 is 1.11 bits per heavy atom. The standard InChI is InChI=1S/C17H28BrN/c1-4-6-7-8-9-10-17(19-5-2)16-13-15(18)12-11-14(16)3/h11-13,17,19H,4-10H2,1-3H3. The molecule has 0 fully saturated rings. The van der Waals surface area contributed by atoms with Crippen molar-refractivity contribution in [2.75, 3.05) is 6.54 Å². The van der Waals surface area contributed by atoms with Crippen LogP contribution in [0.4, 0.5) is 0 Å². The van der Waals surface area contributed by atoms with Gasteiger partial charge in [-0.25, -0.2) is 0 Å². The lowest BCUT2D eigenvalue weighted by Gasteiger charge is -2.20. The summed E-state index contributed by atoms with van der Waals surface area (Å²) in [6.45, 7) is 7.71. The summed E-state index contributed by atoms with van der Waals surface area (Å²) in [6, 6.07) is 7.11. The van der Waals surface area contributed by atoms with Crippen molar-refractivity contribution in [2.24, 2.45) is 0 Å². The average molecular weight is 326 g/mol. The molecule has 0 saturated carbocycles. The number of hydrogen-bond donors (Lipinski definition) is 1. The smallest absolute Gasteiger partial charge is 0.0323 e. The quantitative estimate of drug-likeness (QED) is 0.568. The summed E-state index contributed by atoms with van der Waals surface area (Å²) >= 11 is 3.59. The van der Waals surface area contributed by atoms with Crippen molar-refractivity contribution < 1.29 is 0 Å². The van der Waals surface area contributed by atoms with Crippen molar-refractivity contribution in [3.8, 4) is 0 Å². The lowest BCUT2D eigenvalue weighted by Crippen LogP contribution is -2.21. The summed E-state index contributed by atoms with van der Waals surface area (Å²) in [6.07, 6.45) is 8.01. The molecule has 0 heterocycles. The van der Waals surface area contributed by atoms with E-state index in [2.05, 4.69) is 60.2 Å². The zero-order chi connectivity index (χ0) is 14.1. The topological polar surface area (TPSA) is 12.0 Å². The molecule has 1 nitrogen and oxygen atoms in total. The minimum absolute atomic E-state index is 0.504. The lowest BCUT2D eigenvalue weighted by atomic mass is 9.96. The summed E-state index contributed by atoms with van der Waals surface area (Å²) in [5.41, 5.74) is 2.84. The Balaban J connectivity index is 2.58. The van der Waals surface area contributed by atoms with Crippen LogP contribution in [0.3, 0.4) is 0 Å². The van der Waals surface area contributed by atoms with Crippen LogP contribution in [0, 0.1) is 6.92 Å². The van der Waals surface area contributed by atoms with E-state index in [0.29, 0.717) is 6.04 Å². The van der Waals surface area contributed by atoms with Crippen molar-refractivity contribution in [1.29, 1.82) is 0 Å². The van der Waals surface area contributed by atoms with E-state index in [0.717, 1.165) is 6.54 Å². The molecule has 1 unspecified atom stereocenters. The number of halogens is 1. The molecule has 0 aliphatic heterocycles. The van der Waals surface area contributed by atoms with Gasteiger partial charge < -0.3 is 5.32 Å². The monoisotopic (exact) mass is 325 g/mol. The molecule has 2 heteroatoms.